The minimum absolute atomic E-state index is 0.125. The van der Waals surface area contributed by atoms with Crippen molar-refractivity contribution in [3.8, 4) is 0 Å². The number of nitrogens with one attached hydrogen (secondary N) is 1. The highest BCUT2D eigenvalue weighted by molar-refractivity contribution is 6.30. The third kappa shape index (κ3) is 3.46. The maximum atomic E-state index is 12.1. The lowest BCUT2D eigenvalue weighted by molar-refractivity contribution is 0.0944. The van der Waals surface area contributed by atoms with Crippen molar-refractivity contribution in [3.05, 3.63) is 83.4 Å². The Labute approximate surface area is 117 Å². The molecule has 0 radical (unpaired) electrons. The molecule has 2 aromatic carbocycles. The minimum atomic E-state index is -0.232. The molecule has 2 aromatic rings. The van der Waals surface area contributed by atoms with Gasteiger partial charge in [0.1, 0.15) is 0 Å². The van der Waals surface area contributed by atoms with Crippen molar-refractivity contribution in [2.24, 2.45) is 0 Å². The Bertz CT molecular complexity index is 563. The van der Waals surface area contributed by atoms with Crippen molar-refractivity contribution in [1.29, 1.82) is 0 Å². The molecule has 0 fully saturated rings. The van der Waals surface area contributed by atoms with Crippen molar-refractivity contribution in [3.63, 3.8) is 0 Å². The zero-order chi connectivity index (χ0) is 13.7. The van der Waals surface area contributed by atoms with Gasteiger partial charge in [-0.05, 0) is 29.8 Å². The average Bonchev–Trinajstić information content (AvgIpc) is 2.46. The molecule has 0 unspecified atom stereocenters. The highest BCUT2D eigenvalue weighted by Crippen LogP contribution is 2.17. The van der Waals surface area contributed by atoms with Gasteiger partial charge in [0, 0.05) is 10.6 Å². The van der Waals surface area contributed by atoms with Crippen LogP contribution in [0.4, 0.5) is 0 Å². The summed E-state index contributed by atoms with van der Waals surface area (Å²) in [5.41, 5.74) is 1.58. The molecule has 19 heavy (non-hydrogen) atoms. The highest BCUT2D eigenvalue weighted by atomic mass is 35.5. The lowest BCUT2D eigenvalue weighted by Crippen LogP contribution is -2.27. The molecule has 0 spiro atoms. The summed E-state index contributed by atoms with van der Waals surface area (Å²) in [6.07, 6.45) is 1.70. The van der Waals surface area contributed by atoms with Gasteiger partial charge in [-0.25, -0.2) is 0 Å². The molecule has 3 heteroatoms. The van der Waals surface area contributed by atoms with Gasteiger partial charge < -0.3 is 5.32 Å². The number of hydrogen-bond acceptors (Lipinski definition) is 1. The van der Waals surface area contributed by atoms with Crippen LogP contribution >= 0.6 is 11.6 Å². The molecule has 0 heterocycles. The highest BCUT2D eigenvalue weighted by Gasteiger charge is 2.12. The summed E-state index contributed by atoms with van der Waals surface area (Å²) < 4.78 is 0. The Morgan fingerprint density at radius 3 is 2.32 bits per heavy atom. The van der Waals surface area contributed by atoms with E-state index in [1.165, 1.54) is 0 Å². The largest absolute Gasteiger partial charge is 0.342 e. The molecule has 2 nitrogen and oxygen atoms in total. The Morgan fingerprint density at radius 2 is 1.74 bits per heavy atom. The maximum absolute atomic E-state index is 12.1. The Hall–Kier alpha value is -2.06. The van der Waals surface area contributed by atoms with Crippen molar-refractivity contribution in [1.82, 2.24) is 5.32 Å². The van der Waals surface area contributed by atoms with Crippen LogP contribution in [0, 0.1) is 0 Å². The van der Waals surface area contributed by atoms with Crippen molar-refractivity contribution < 1.29 is 4.79 Å². The standard InChI is InChI=1S/C16H14ClNO/c1-2-15(12-8-10-14(17)11-9-12)18-16(19)13-6-4-3-5-7-13/h2-11,15H,1H2,(H,18,19)/t15-/m1/s1. The van der Waals surface area contributed by atoms with E-state index in [4.69, 9.17) is 11.6 Å². The number of rotatable bonds is 4. The summed E-state index contributed by atoms with van der Waals surface area (Å²) in [6, 6.07) is 16.2. The fraction of sp³-hybridized carbons (Fsp3) is 0.0625. The first-order chi connectivity index (χ1) is 9.20. The van der Waals surface area contributed by atoms with Gasteiger partial charge in [-0.1, -0.05) is 48.0 Å². The van der Waals surface area contributed by atoms with Crippen LogP contribution in [0.25, 0.3) is 0 Å². The van der Waals surface area contributed by atoms with Gasteiger partial charge in [-0.2, -0.15) is 0 Å². The zero-order valence-corrected chi connectivity index (χ0v) is 11.1. The number of hydrogen-bond donors (Lipinski definition) is 1. The van der Waals surface area contributed by atoms with E-state index in [-0.39, 0.29) is 11.9 Å². The molecule has 0 aliphatic rings. The predicted molar refractivity (Wildman–Crippen MR) is 78.3 cm³/mol. The van der Waals surface area contributed by atoms with Gasteiger partial charge in [-0.15, -0.1) is 6.58 Å². The van der Waals surface area contributed by atoms with E-state index in [9.17, 15) is 4.79 Å². The minimum Gasteiger partial charge on any atom is -0.342 e. The van der Waals surface area contributed by atoms with Crippen LogP contribution < -0.4 is 5.32 Å². The first kappa shape index (κ1) is 13.4. The Balaban J connectivity index is 2.14. The van der Waals surface area contributed by atoms with E-state index >= 15 is 0 Å². The summed E-state index contributed by atoms with van der Waals surface area (Å²) in [5, 5.41) is 3.59. The smallest absolute Gasteiger partial charge is 0.252 e. The lowest BCUT2D eigenvalue weighted by atomic mass is 10.1. The summed E-state index contributed by atoms with van der Waals surface area (Å²) in [6.45, 7) is 3.76. The second kappa shape index (κ2) is 6.21. The quantitative estimate of drug-likeness (QED) is 0.837. The molecule has 1 N–H and O–H groups in total. The second-order valence-corrected chi connectivity index (χ2v) is 4.54. The van der Waals surface area contributed by atoms with Crippen LogP contribution in [-0.4, -0.2) is 5.91 Å². The number of benzene rings is 2. The van der Waals surface area contributed by atoms with E-state index in [1.54, 1.807) is 30.3 Å². The fourth-order valence-electron chi connectivity index (χ4n) is 1.76. The molecule has 2 rings (SSSR count). The topological polar surface area (TPSA) is 29.1 Å². The SMILES string of the molecule is C=C[C@@H](NC(=O)c1ccccc1)c1ccc(Cl)cc1. The molecule has 0 saturated carbocycles. The first-order valence-electron chi connectivity index (χ1n) is 5.94. The van der Waals surface area contributed by atoms with Gasteiger partial charge in [0.15, 0.2) is 0 Å². The zero-order valence-electron chi connectivity index (χ0n) is 10.3. The van der Waals surface area contributed by atoms with E-state index in [2.05, 4.69) is 11.9 Å². The van der Waals surface area contributed by atoms with Crippen LogP contribution in [0.3, 0.4) is 0 Å². The van der Waals surface area contributed by atoms with Crippen LogP contribution in [0.15, 0.2) is 67.3 Å². The molecular weight excluding hydrogens is 258 g/mol. The summed E-state index contributed by atoms with van der Waals surface area (Å²) >= 11 is 5.85. The van der Waals surface area contributed by atoms with Gasteiger partial charge in [0.25, 0.3) is 5.91 Å². The molecule has 96 valence electrons. The van der Waals surface area contributed by atoms with Crippen LogP contribution in [0.5, 0.6) is 0 Å². The van der Waals surface area contributed by atoms with Crippen LogP contribution in [0.2, 0.25) is 5.02 Å². The van der Waals surface area contributed by atoms with E-state index in [0.717, 1.165) is 5.56 Å². The Morgan fingerprint density at radius 1 is 1.11 bits per heavy atom. The molecule has 0 aliphatic heterocycles. The first-order valence-corrected chi connectivity index (χ1v) is 6.32. The van der Waals surface area contributed by atoms with E-state index < -0.39 is 0 Å². The molecule has 0 bridgehead atoms. The maximum Gasteiger partial charge on any atom is 0.252 e. The molecule has 1 amide bonds. The normalized spacial score (nSPS) is 11.6. The van der Waals surface area contributed by atoms with Gasteiger partial charge in [0.2, 0.25) is 0 Å². The van der Waals surface area contributed by atoms with Crippen molar-refractivity contribution in [2.75, 3.05) is 0 Å². The van der Waals surface area contributed by atoms with Crippen LogP contribution in [-0.2, 0) is 0 Å². The molecule has 0 saturated heterocycles. The summed E-state index contributed by atoms with van der Waals surface area (Å²) in [5.74, 6) is -0.125. The summed E-state index contributed by atoms with van der Waals surface area (Å²) in [7, 11) is 0. The average molecular weight is 272 g/mol. The number of carbonyl (C=O) groups is 1. The number of amides is 1. The molecule has 0 aromatic heterocycles. The third-order valence-electron chi connectivity index (χ3n) is 2.79. The van der Waals surface area contributed by atoms with Crippen molar-refractivity contribution in [2.45, 2.75) is 6.04 Å². The third-order valence-corrected chi connectivity index (χ3v) is 3.04. The van der Waals surface area contributed by atoms with Crippen molar-refractivity contribution >= 4 is 17.5 Å². The molecule has 1 atom stereocenters. The summed E-state index contributed by atoms with van der Waals surface area (Å²) in [4.78, 5) is 12.1. The Kier molecular flexibility index (Phi) is 4.37. The van der Waals surface area contributed by atoms with E-state index in [1.807, 2.05) is 30.3 Å². The van der Waals surface area contributed by atoms with Gasteiger partial charge in [-0.3, -0.25) is 4.79 Å². The fourth-order valence-corrected chi connectivity index (χ4v) is 1.89. The number of carbonyl (C=O) groups excluding carboxylic acids is 1. The molecule has 0 aliphatic carbocycles. The lowest BCUT2D eigenvalue weighted by Gasteiger charge is -2.15. The monoisotopic (exact) mass is 271 g/mol. The predicted octanol–water partition coefficient (Wildman–Crippen LogP) is 4.00. The van der Waals surface area contributed by atoms with Crippen LogP contribution in [0.1, 0.15) is 22.0 Å². The second-order valence-electron chi connectivity index (χ2n) is 4.10. The van der Waals surface area contributed by atoms with E-state index in [0.29, 0.717) is 10.6 Å². The molecular formula is C16H14ClNO. The van der Waals surface area contributed by atoms with Gasteiger partial charge >= 0.3 is 0 Å². The number of halogens is 1. The van der Waals surface area contributed by atoms with Gasteiger partial charge in [0.05, 0.1) is 6.04 Å².